The molecule has 1 atom stereocenters. The van der Waals surface area contributed by atoms with Crippen LogP contribution >= 0.6 is 0 Å². The van der Waals surface area contributed by atoms with Gasteiger partial charge < -0.3 is 10.6 Å². The molecule has 1 aliphatic heterocycles. The van der Waals surface area contributed by atoms with Crippen LogP contribution in [0.1, 0.15) is 38.2 Å². The summed E-state index contributed by atoms with van der Waals surface area (Å²) in [7, 11) is -3.58. The molecular weight excluding hydrogens is 414 g/mol. The van der Waals surface area contributed by atoms with Crippen molar-refractivity contribution in [1.82, 2.24) is 9.62 Å². The molecule has 0 spiro atoms. The summed E-state index contributed by atoms with van der Waals surface area (Å²) in [5.74, 6) is -1.46. The van der Waals surface area contributed by atoms with Crippen LogP contribution in [0.3, 0.4) is 0 Å². The van der Waals surface area contributed by atoms with E-state index in [-0.39, 0.29) is 17.5 Å². The van der Waals surface area contributed by atoms with E-state index in [1.165, 1.54) is 4.31 Å². The first kappa shape index (κ1) is 23.0. The summed E-state index contributed by atoms with van der Waals surface area (Å²) in [6, 6.07) is 15.5. The highest BCUT2D eigenvalue weighted by Gasteiger charge is 2.33. The second-order valence-electron chi connectivity index (χ2n) is 7.63. The lowest BCUT2D eigenvalue weighted by molar-refractivity contribution is -0.136. The third-order valence-electron chi connectivity index (χ3n) is 5.51. The monoisotopic (exact) mass is 443 g/mol. The molecule has 2 aromatic rings. The molecular formula is C23H29N3O4S. The minimum atomic E-state index is -3.58. The normalized spacial score (nSPS) is 17.1. The fraction of sp³-hybridized carbons (Fsp3) is 0.391. The summed E-state index contributed by atoms with van der Waals surface area (Å²) in [4.78, 5) is 24.6. The average molecular weight is 444 g/mol. The molecule has 31 heavy (non-hydrogen) atoms. The van der Waals surface area contributed by atoms with Crippen LogP contribution in [-0.2, 0) is 26.0 Å². The van der Waals surface area contributed by atoms with E-state index >= 15 is 0 Å². The van der Waals surface area contributed by atoms with Gasteiger partial charge in [-0.1, -0.05) is 43.7 Å². The Morgan fingerprint density at radius 3 is 2.39 bits per heavy atom. The van der Waals surface area contributed by atoms with Gasteiger partial charge in [-0.2, -0.15) is 4.31 Å². The van der Waals surface area contributed by atoms with Gasteiger partial charge in [-0.3, -0.25) is 9.59 Å². The number of benzene rings is 2. The van der Waals surface area contributed by atoms with Crippen LogP contribution in [0.4, 0.5) is 5.69 Å². The van der Waals surface area contributed by atoms with Crippen LogP contribution in [-0.4, -0.2) is 43.7 Å². The molecule has 1 fully saturated rings. The molecule has 0 radical (unpaired) electrons. The Bertz CT molecular complexity index is 991. The van der Waals surface area contributed by atoms with Crippen LogP contribution in [0.15, 0.2) is 59.5 Å². The molecule has 2 N–H and O–H groups in total. The fourth-order valence-corrected chi connectivity index (χ4v) is 5.50. The zero-order valence-corrected chi connectivity index (χ0v) is 18.5. The molecule has 0 aliphatic carbocycles. The molecule has 3 rings (SSSR count). The molecule has 166 valence electrons. The highest BCUT2D eigenvalue weighted by Crippen LogP contribution is 2.26. The van der Waals surface area contributed by atoms with Crippen molar-refractivity contribution < 1.29 is 18.0 Å². The van der Waals surface area contributed by atoms with Gasteiger partial charge >= 0.3 is 11.8 Å². The van der Waals surface area contributed by atoms with E-state index in [1.807, 2.05) is 19.1 Å². The van der Waals surface area contributed by atoms with Crippen molar-refractivity contribution >= 4 is 27.5 Å². The largest absolute Gasteiger partial charge is 0.348 e. The van der Waals surface area contributed by atoms with Crippen molar-refractivity contribution in [3.63, 3.8) is 0 Å². The quantitative estimate of drug-likeness (QED) is 0.643. The predicted molar refractivity (Wildman–Crippen MR) is 120 cm³/mol. The molecule has 0 bridgehead atoms. The van der Waals surface area contributed by atoms with Gasteiger partial charge in [0.05, 0.1) is 4.90 Å². The first-order valence-electron chi connectivity index (χ1n) is 10.7. The maximum atomic E-state index is 13.0. The lowest BCUT2D eigenvalue weighted by Crippen LogP contribution is -2.45. The minimum Gasteiger partial charge on any atom is -0.348 e. The molecule has 1 heterocycles. The van der Waals surface area contributed by atoms with E-state index in [4.69, 9.17) is 0 Å². The standard InChI is InChI=1S/C23H29N3O4S/c1-2-18-11-13-19(14-12-18)25-23(28)22(27)24-16-15-20-8-6-7-17-26(20)31(29,30)21-9-4-3-5-10-21/h3-5,9-14,20H,2,6-8,15-17H2,1H3,(H,24,27)(H,25,28)/t20-/m0/s1. The van der Waals surface area contributed by atoms with Gasteiger partial charge in [0.25, 0.3) is 0 Å². The predicted octanol–water partition coefficient (Wildman–Crippen LogP) is 2.94. The van der Waals surface area contributed by atoms with Crippen LogP contribution < -0.4 is 10.6 Å². The molecule has 7 nitrogen and oxygen atoms in total. The Hall–Kier alpha value is -2.71. The van der Waals surface area contributed by atoms with Crippen molar-refractivity contribution in [3.8, 4) is 0 Å². The molecule has 1 saturated heterocycles. The van der Waals surface area contributed by atoms with Gasteiger partial charge in [-0.25, -0.2) is 8.42 Å². The number of anilines is 1. The van der Waals surface area contributed by atoms with Crippen molar-refractivity contribution in [2.75, 3.05) is 18.4 Å². The highest BCUT2D eigenvalue weighted by atomic mass is 32.2. The maximum Gasteiger partial charge on any atom is 0.313 e. The SMILES string of the molecule is CCc1ccc(NC(=O)C(=O)NCC[C@@H]2CCCCN2S(=O)(=O)c2ccccc2)cc1. The summed E-state index contributed by atoms with van der Waals surface area (Å²) < 4.78 is 27.6. The van der Waals surface area contributed by atoms with Crippen LogP contribution in [0.25, 0.3) is 0 Å². The summed E-state index contributed by atoms with van der Waals surface area (Å²) in [5.41, 5.74) is 1.70. The number of rotatable bonds is 7. The van der Waals surface area contributed by atoms with Gasteiger partial charge in [-0.15, -0.1) is 0 Å². The van der Waals surface area contributed by atoms with E-state index in [0.717, 1.165) is 31.2 Å². The van der Waals surface area contributed by atoms with Gasteiger partial charge in [0.2, 0.25) is 10.0 Å². The first-order chi connectivity index (χ1) is 14.9. The van der Waals surface area contributed by atoms with Gasteiger partial charge in [-0.05, 0) is 55.5 Å². The Balaban J connectivity index is 1.54. The first-order valence-corrected chi connectivity index (χ1v) is 12.1. The third-order valence-corrected chi connectivity index (χ3v) is 7.48. The van der Waals surface area contributed by atoms with Gasteiger partial charge in [0, 0.05) is 24.8 Å². The van der Waals surface area contributed by atoms with E-state index < -0.39 is 21.8 Å². The Morgan fingerprint density at radius 2 is 1.71 bits per heavy atom. The van der Waals surface area contributed by atoms with Gasteiger partial charge in [0.1, 0.15) is 0 Å². The number of nitrogens with zero attached hydrogens (tertiary/aromatic N) is 1. The lowest BCUT2D eigenvalue weighted by atomic mass is 10.0. The molecule has 0 aromatic heterocycles. The molecule has 8 heteroatoms. The molecule has 2 aromatic carbocycles. The number of piperidine rings is 1. The van der Waals surface area contributed by atoms with E-state index in [0.29, 0.717) is 18.7 Å². The number of aryl methyl sites for hydroxylation is 1. The third kappa shape index (κ3) is 5.92. The number of hydrogen-bond acceptors (Lipinski definition) is 4. The van der Waals surface area contributed by atoms with Crippen molar-refractivity contribution in [2.24, 2.45) is 0 Å². The zero-order valence-electron chi connectivity index (χ0n) is 17.7. The summed E-state index contributed by atoms with van der Waals surface area (Å²) >= 11 is 0. The lowest BCUT2D eigenvalue weighted by Gasteiger charge is -2.34. The smallest absolute Gasteiger partial charge is 0.313 e. The van der Waals surface area contributed by atoms with Crippen molar-refractivity contribution in [2.45, 2.75) is 50.0 Å². The van der Waals surface area contributed by atoms with Crippen molar-refractivity contribution in [1.29, 1.82) is 0 Å². The van der Waals surface area contributed by atoms with Crippen LogP contribution in [0.2, 0.25) is 0 Å². The van der Waals surface area contributed by atoms with Crippen LogP contribution in [0.5, 0.6) is 0 Å². The fourth-order valence-electron chi connectivity index (χ4n) is 3.75. The number of amides is 2. The Morgan fingerprint density at radius 1 is 1.00 bits per heavy atom. The van der Waals surface area contributed by atoms with Crippen LogP contribution in [0, 0.1) is 0 Å². The number of nitrogens with one attached hydrogen (secondary N) is 2. The number of sulfonamides is 1. The molecule has 2 amide bonds. The summed E-state index contributed by atoms with van der Waals surface area (Å²) in [6.45, 7) is 2.73. The molecule has 0 saturated carbocycles. The van der Waals surface area contributed by atoms with Gasteiger partial charge in [0.15, 0.2) is 0 Å². The van der Waals surface area contributed by atoms with Crippen molar-refractivity contribution in [3.05, 3.63) is 60.2 Å². The van der Waals surface area contributed by atoms with E-state index in [1.54, 1.807) is 42.5 Å². The number of hydrogen-bond donors (Lipinski definition) is 2. The summed E-state index contributed by atoms with van der Waals surface area (Å²) in [5, 5.41) is 5.19. The van der Waals surface area contributed by atoms with E-state index in [2.05, 4.69) is 10.6 Å². The Kier molecular flexibility index (Phi) is 7.81. The average Bonchev–Trinajstić information content (AvgIpc) is 2.80. The molecule has 1 aliphatic rings. The number of carbonyl (C=O) groups is 2. The zero-order chi connectivity index (χ0) is 22.3. The second kappa shape index (κ2) is 10.5. The maximum absolute atomic E-state index is 13.0. The second-order valence-corrected chi connectivity index (χ2v) is 9.52. The minimum absolute atomic E-state index is 0.205. The molecule has 0 unspecified atom stereocenters. The van der Waals surface area contributed by atoms with E-state index in [9.17, 15) is 18.0 Å². The topological polar surface area (TPSA) is 95.6 Å². The Labute approximate surface area is 183 Å². The summed E-state index contributed by atoms with van der Waals surface area (Å²) in [6.07, 6.45) is 3.84. The number of carbonyl (C=O) groups excluding carboxylic acids is 2. The highest BCUT2D eigenvalue weighted by molar-refractivity contribution is 7.89.